The molecule has 1 aromatic heterocycles. The molecule has 6 heteroatoms. The van der Waals surface area contributed by atoms with Crippen LogP contribution in [0, 0.1) is 0 Å². The molecule has 0 bridgehead atoms. The van der Waals surface area contributed by atoms with E-state index in [9.17, 15) is 4.79 Å². The maximum absolute atomic E-state index is 11.8. The van der Waals surface area contributed by atoms with Crippen LogP contribution in [0.5, 0.6) is 5.75 Å². The number of hydrogen-bond acceptors (Lipinski definition) is 5. The maximum Gasteiger partial charge on any atom is 0.264 e. The second-order valence-electron chi connectivity index (χ2n) is 4.98. The van der Waals surface area contributed by atoms with Gasteiger partial charge < -0.3 is 4.74 Å². The zero-order valence-electron chi connectivity index (χ0n) is 13.0. The van der Waals surface area contributed by atoms with Gasteiger partial charge in [0.25, 0.3) is 5.91 Å². The molecule has 1 amide bonds. The van der Waals surface area contributed by atoms with E-state index >= 15 is 0 Å². The predicted octanol–water partition coefficient (Wildman–Crippen LogP) is 3.46. The van der Waals surface area contributed by atoms with Gasteiger partial charge in [-0.1, -0.05) is 43.7 Å². The summed E-state index contributed by atoms with van der Waals surface area (Å²) in [6.45, 7) is 4.20. The quantitative estimate of drug-likeness (QED) is 0.809. The van der Waals surface area contributed by atoms with Crippen molar-refractivity contribution >= 4 is 22.4 Å². The van der Waals surface area contributed by atoms with E-state index in [-0.39, 0.29) is 12.5 Å². The van der Waals surface area contributed by atoms with Crippen molar-refractivity contribution in [3.05, 3.63) is 34.8 Å². The van der Waals surface area contributed by atoms with E-state index in [1.54, 1.807) is 0 Å². The lowest BCUT2D eigenvalue weighted by Gasteiger charge is -2.06. The molecule has 118 valence electrons. The smallest absolute Gasteiger partial charge is 0.264 e. The molecule has 0 spiro atoms. The van der Waals surface area contributed by atoms with E-state index in [4.69, 9.17) is 4.74 Å². The number of ether oxygens (including phenoxy) is 1. The Kier molecular flexibility index (Phi) is 6.33. The fourth-order valence-corrected chi connectivity index (χ4v) is 2.82. The Morgan fingerprint density at radius 3 is 2.55 bits per heavy atom. The first kappa shape index (κ1) is 16.4. The average molecular weight is 319 g/mol. The van der Waals surface area contributed by atoms with E-state index in [1.807, 2.05) is 24.3 Å². The molecule has 1 aromatic carbocycles. The van der Waals surface area contributed by atoms with Crippen LogP contribution in [-0.4, -0.2) is 22.7 Å². The van der Waals surface area contributed by atoms with Gasteiger partial charge in [-0.3, -0.25) is 10.1 Å². The van der Waals surface area contributed by atoms with Crippen molar-refractivity contribution in [3.8, 4) is 5.75 Å². The summed E-state index contributed by atoms with van der Waals surface area (Å²) in [5, 5.41) is 12.1. The Labute approximate surface area is 134 Å². The number of nitrogens with zero attached hydrogens (tertiary/aromatic N) is 2. The Hall–Kier alpha value is -1.95. The van der Waals surface area contributed by atoms with Crippen LogP contribution < -0.4 is 10.1 Å². The summed E-state index contributed by atoms with van der Waals surface area (Å²) in [6.07, 6.45) is 4.07. The summed E-state index contributed by atoms with van der Waals surface area (Å²) in [5.41, 5.74) is 1.27. The number of hydrogen-bond donors (Lipinski definition) is 1. The molecule has 2 aromatic rings. The first-order chi connectivity index (χ1) is 10.7. The van der Waals surface area contributed by atoms with Crippen LogP contribution in [0.3, 0.4) is 0 Å². The molecule has 0 aliphatic heterocycles. The van der Waals surface area contributed by atoms with Gasteiger partial charge in [-0.05, 0) is 30.5 Å². The second-order valence-corrected chi connectivity index (χ2v) is 6.04. The summed E-state index contributed by atoms with van der Waals surface area (Å²) in [5.74, 6) is 0.468. The molecule has 22 heavy (non-hydrogen) atoms. The normalized spacial score (nSPS) is 10.5. The molecule has 5 nitrogen and oxygen atoms in total. The highest BCUT2D eigenvalue weighted by Gasteiger charge is 2.08. The number of rotatable bonds is 8. The minimum atomic E-state index is -0.225. The minimum Gasteiger partial charge on any atom is -0.484 e. The van der Waals surface area contributed by atoms with Crippen molar-refractivity contribution in [1.29, 1.82) is 0 Å². The molecule has 2 rings (SSSR count). The Morgan fingerprint density at radius 2 is 1.86 bits per heavy atom. The fraction of sp³-hybridized carbons (Fsp3) is 0.438. The van der Waals surface area contributed by atoms with E-state index in [2.05, 4.69) is 29.4 Å². The fourth-order valence-electron chi connectivity index (χ4n) is 1.96. The molecule has 0 atom stereocenters. The highest BCUT2D eigenvalue weighted by atomic mass is 32.1. The van der Waals surface area contributed by atoms with Crippen LogP contribution in [0.4, 0.5) is 5.13 Å². The number of aryl methyl sites for hydroxylation is 2. The molecule has 0 aliphatic carbocycles. The van der Waals surface area contributed by atoms with Crippen LogP contribution in [-0.2, 0) is 17.6 Å². The van der Waals surface area contributed by atoms with Crippen molar-refractivity contribution in [2.75, 3.05) is 11.9 Å². The molecule has 0 unspecified atom stereocenters. The number of amides is 1. The van der Waals surface area contributed by atoms with Gasteiger partial charge in [-0.25, -0.2) is 0 Å². The lowest BCUT2D eigenvalue weighted by Crippen LogP contribution is -2.20. The number of benzene rings is 1. The number of nitrogens with one attached hydrogen (secondary N) is 1. The standard InChI is InChI=1S/C16H21N3O2S/c1-3-5-12-7-9-13(10-8-12)21-11-14(20)17-16-19-18-15(22-16)6-4-2/h7-10H,3-6,11H2,1-2H3,(H,17,19,20). The maximum atomic E-state index is 11.8. The Balaban J connectivity index is 1.79. The summed E-state index contributed by atoms with van der Waals surface area (Å²) in [6, 6.07) is 7.84. The van der Waals surface area contributed by atoms with Gasteiger partial charge in [0.15, 0.2) is 6.61 Å². The van der Waals surface area contributed by atoms with E-state index in [1.165, 1.54) is 16.9 Å². The van der Waals surface area contributed by atoms with Gasteiger partial charge in [0, 0.05) is 6.42 Å². The summed E-state index contributed by atoms with van der Waals surface area (Å²) in [7, 11) is 0. The molecular formula is C16H21N3O2S. The van der Waals surface area contributed by atoms with Crippen molar-refractivity contribution < 1.29 is 9.53 Å². The highest BCUT2D eigenvalue weighted by Crippen LogP contribution is 2.17. The lowest BCUT2D eigenvalue weighted by molar-refractivity contribution is -0.118. The lowest BCUT2D eigenvalue weighted by atomic mass is 10.1. The van der Waals surface area contributed by atoms with E-state index < -0.39 is 0 Å². The third-order valence-electron chi connectivity index (χ3n) is 3.01. The molecule has 0 saturated heterocycles. The van der Waals surface area contributed by atoms with Gasteiger partial charge in [0.1, 0.15) is 10.8 Å². The topological polar surface area (TPSA) is 64.1 Å². The Bertz CT molecular complexity index is 596. The third kappa shape index (κ3) is 5.11. The summed E-state index contributed by atoms with van der Waals surface area (Å²) < 4.78 is 5.47. The second kappa shape index (κ2) is 8.48. The van der Waals surface area contributed by atoms with Crippen molar-refractivity contribution in [1.82, 2.24) is 10.2 Å². The minimum absolute atomic E-state index is 0.0319. The Morgan fingerprint density at radius 1 is 1.14 bits per heavy atom. The number of carbonyl (C=O) groups is 1. The molecule has 0 radical (unpaired) electrons. The van der Waals surface area contributed by atoms with Crippen LogP contribution >= 0.6 is 11.3 Å². The van der Waals surface area contributed by atoms with Crippen molar-refractivity contribution in [2.24, 2.45) is 0 Å². The van der Waals surface area contributed by atoms with Crippen molar-refractivity contribution in [3.63, 3.8) is 0 Å². The molecule has 1 heterocycles. The van der Waals surface area contributed by atoms with Gasteiger partial charge in [0.05, 0.1) is 0 Å². The molecular weight excluding hydrogens is 298 g/mol. The first-order valence-corrected chi connectivity index (χ1v) is 8.37. The van der Waals surface area contributed by atoms with E-state index in [0.29, 0.717) is 10.9 Å². The number of carbonyl (C=O) groups excluding carboxylic acids is 1. The first-order valence-electron chi connectivity index (χ1n) is 7.55. The largest absolute Gasteiger partial charge is 0.484 e. The van der Waals surface area contributed by atoms with Crippen LogP contribution in [0.25, 0.3) is 0 Å². The number of anilines is 1. The summed E-state index contributed by atoms with van der Waals surface area (Å²) in [4.78, 5) is 11.8. The monoisotopic (exact) mass is 319 g/mol. The highest BCUT2D eigenvalue weighted by molar-refractivity contribution is 7.15. The molecule has 0 aliphatic rings. The SMILES string of the molecule is CCCc1ccc(OCC(=O)Nc2nnc(CCC)s2)cc1. The predicted molar refractivity (Wildman–Crippen MR) is 88.5 cm³/mol. The van der Waals surface area contributed by atoms with Gasteiger partial charge in [-0.15, -0.1) is 10.2 Å². The molecule has 0 saturated carbocycles. The third-order valence-corrected chi connectivity index (χ3v) is 3.91. The zero-order chi connectivity index (χ0) is 15.8. The average Bonchev–Trinajstić information content (AvgIpc) is 2.94. The van der Waals surface area contributed by atoms with Gasteiger partial charge in [-0.2, -0.15) is 0 Å². The number of aromatic nitrogens is 2. The van der Waals surface area contributed by atoms with E-state index in [0.717, 1.165) is 30.7 Å². The van der Waals surface area contributed by atoms with Crippen LogP contribution in [0.2, 0.25) is 0 Å². The van der Waals surface area contributed by atoms with Crippen LogP contribution in [0.1, 0.15) is 37.3 Å². The molecule has 0 fully saturated rings. The zero-order valence-corrected chi connectivity index (χ0v) is 13.8. The summed E-state index contributed by atoms with van der Waals surface area (Å²) >= 11 is 1.41. The van der Waals surface area contributed by atoms with Gasteiger partial charge in [0.2, 0.25) is 5.13 Å². The van der Waals surface area contributed by atoms with Crippen molar-refractivity contribution in [2.45, 2.75) is 39.5 Å². The van der Waals surface area contributed by atoms with Crippen LogP contribution in [0.15, 0.2) is 24.3 Å². The van der Waals surface area contributed by atoms with Gasteiger partial charge >= 0.3 is 0 Å². The molecule has 1 N–H and O–H groups in total.